The van der Waals surface area contributed by atoms with Gasteiger partial charge in [0.2, 0.25) is 11.8 Å². The van der Waals surface area contributed by atoms with E-state index in [1.165, 1.54) is 12.0 Å². The fourth-order valence-corrected chi connectivity index (χ4v) is 5.48. The number of nitrogens with zero attached hydrogens (tertiary/aromatic N) is 2. The number of alkyl halides is 1. The average Bonchev–Trinajstić information content (AvgIpc) is 3.52. The summed E-state index contributed by atoms with van der Waals surface area (Å²) < 4.78 is 25.1. The molecule has 2 amide bonds. The molecule has 2 atom stereocenters. The fraction of sp³-hybridized carbons (Fsp3) is 0.448. The molecule has 0 bridgehead atoms. The van der Waals surface area contributed by atoms with Gasteiger partial charge in [-0.15, -0.1) is 0 Å². The summed E-state index contributed by atoms with van der Waals surface area (Å²) in [5.74, 6) is -1.04. The molecule has 1 aliphatic carbocycles. The van der Waals surface area contributed by atoms with Crippen molar-refractivity contribution in [3.63, 3.8) is 0 Å². The molecule has 10 heteroatoms. The molecule has 39 heavy (non-hydrogen) atoms. The molecule has 2 fully saturated rings. The first kappa shape index (κ1) is 26.6. The minimum Gasteiger partial charge on any atom is -0.469 e. The average molecular weight is 537 g/mol. The van der Waals surface area contributed by atoms with Crippen LogP contribution in [0.25, 0.3) is 11.1 Å². The van der Waals surface area contributed by atoms with E-state index in [0.717, 1.165) is 11.3 Å². The number of nitrogens with one attached hydrogen (secondary N) is 2. The summed E-state index contributed by atoms with van der Waals surface area (Å²) in [7, 11) is 1.38. The molecule has 0 unspecified atom stereocenters. The van der Waals surface area contributed by atoms with Crippen molar-refractivity contribution >= 4 is 40.6 Å². The van der Waals surface area contributed by atoms with Crippen molar-refractivity contribution < 1.29 is 27.9 Å². The van der Waals surface area contributed by atoms with E-state index < -0.39 is 12.2 Å². The molecule has 9 nitrogen and oxygen atoms in total. The number of fused-ring (bicyclic) bond motifs is 1. The number of anilines is 2. The predicted molar refractivity (Wildman–Crippen MR) is 143 cm³/mol. The van der Waals surface area contributed by atoms with Gasteiger partial charge in [-0.3, -0.25) is 14.4 Å². The highest BCUT2D eigenvalue weighted by Crippen LogP contribution is 2.28. The van der Waals surface area contributed by atoms with Crippen molar-refractivity contribution in [3.8, 4) is 0 Å². The van der Waals surface area contributed by atoms with Gasteiger partial charge in [-0.2, -0.15) is 4.98 Å². The van der Waals surface area contributed by atoms with Gasteiger partial charge >= 0.3 is 5.97 Å². The first-order valence-electron chi connectivity index (χ1n) is 13.3. The molecule has 3 aromatic rings. The largest absolute Gasteiger partial charge is 0.469 e. The fourth-order valence-electron chi connectivity index (χ4n) is 5.48. The van der Waals surface area contributed by atoms with Gasteiger partial charge in [-0.1, -0.05) is 24.3 Å². The van der Waals surface area contributed by atoms with Gasteiger partial charge in [0.15, 0.2) is 5.58 Å². The van der Waals surface area contributed by atoms with Gasteiger partial charge in [-0.25, -0.2) is 4.39 Å². The summed E-state index contributed by atoms with van der Waals surface area (Å²) in [4.78, 5) is 43.8. The van der Waals surface area contributed by atoms with Crippen molar-refractivity contribution in [2.24, 2.45) is 5.92 Å². The Morgan fingerprint density at radius 3 is 2.64 bits per heavy atom. The lowest BCUT2D eigenvalue weighted by Crippen LogP contribution is -2.50. The van der Waals surface area contributed by atoms with Crippen LogP contribution in [0.4, 0.5) is 16.1 Å². The Kier molecular flexibility index (Phi) is 7.81. The van der Waals surface area contributed by atoms with Crippen molar-refractivity contribution in [1.29, 1.82) is 0 Å². The molecule has 2 heterocycles. The summed E-state index contributed by atoms with van der Waals surface area (Å²) in [6.07, 6.45) is 1.27. The highest BCUT2D eigenvalue weighted by atomic mass is 19.1. The summed E-state index contributed by atoms with van der Waals surface area (Å²) in [6, 6.07) is 12.5. The van der Waals surface area contributed by atoms with Crippen LogP contribution in [-0.4, -0.2) is 59.6 Å². The van der Waals surface area contributed by atoms with Gasteiger partial charge in [0.05, 0.1) is 26.0 Å². The maximum absolute atomic E-state index is 14.4. The minimum absolute atomic E-state index is 0.0118. The minimum atomic E-state index is -1.26. The van der Waals surface area contributed by atoms with Crippen LogP contribution in [0.1, 0.15) is 43.2 Å². The zero-order valence-corrected chi connectivity index (χ0v) is 22.1. The molecule has 1 saturated heterocycles. The van der Waals surface area contributed by atoms with E-state index in [2.05, 4.69) is 15.6 Å². The molecule has 1 aromatic heterocycles. The monoisotopic (exact) mass is 536 g/mol. The maximum Gasteiger partial charge on any atom is 0.308 e. The number of hydrogen-bond donors (Lipinski definition) is 2. The second kappa shape index (κ2) is 11.4. The molecule has 2 N–H and O–H groups in total. The van der Waals surface area contributed by atoms with E-state index in [1.54, 1.807) is 18.2 Å². The molecular formula is C29H33FN4O5. The topological polar surface area (TPSA) is 114 Å². The summed E-state index contributed by atoms with van der Waals surface area (Å²) in [5, 5.41) is 6.15. The molecular weight excluding hydrogens is 503 g/mol. The normalized spacial score (nSPS) is 23.0. The zero-order chi connectivity index (χ0) is 27.5. The molecule has 206 valence electrons. The van der Waals surface area contributed by atoms with Gasteiger partial charge in [0.25, 0.3) is 6.01 Å². The van der Waals surface area contributed by atoms with Crippen LogP contribution in [0.2, 0.25) is 0 Å². The molecule has 0 radical (unpaired) electrons. The van der Waals surface area contributed by atoms with E-state index >= 15 is 0 Å². The van der Waals surface area contributed by atoms with Crippen molar-refractivity contribution in [2.75, 3.05) is 19.0 Å². The van der Waals surface area contributed by atoms with Crippen LogP contribution < -0.4 is 10.6 Å². The van der Waals surface area contributed by atoms with Crippen LogP contribution in [0, 0.1) is 12.8 Å². The number of ether oxygens (including phenoxy) is 1. The van der Waals surface area contributed by atoms with Crippen LogP contribution in [0.5, 0.6) is 0 Å². The maximum atomic E-state index is 14.4. The van der Waals surface area contributed by atoms with Crippen molar-refractivity contribution in [2.45, 2.75) is 63.7 Å². The number of aromatic nitrogens is 1. The first-order chi connectivity index (χ1) is 18.8. The summed E-state index contributed by atoms with van der Waals surface area (Å²) >= 11 is 0. The van der Waals surface area contributed by atoms with Crippen molar-refractivity contribution in [1.82, 2.24) is 15.2 Å². The Morgan fingerprint density at radius 2 is 1.90 bits per heavy atom. The summed E-state index contributed by atoms with van der Waals surface area (Å²) in [6.45, 7) is 1.87. The lowest BCUT2D eigenvalue weighted by Gasteiger charge is -2.30. The third-order valence-electron chi connectivity index (χ3n) is 7.68. The number of halogens is 1. The molecule has 1 saturated carbocycles. The highest BCUT2D eigenvalue weighted by Gasteiger charge is 2.40. The van der Waals surface area contributed by atoms with Crippen LogP contribution in [0.15, 0.2) is 46.9 Å². The van der Waals surface area contributed by atoms with E-state index in [-0.39, 0.29) is 49.1 Å². The Morgan fingerprint density at radius 1 is 1.13 bits per heavy atom. The van der Waals surface area contributed by atoms with Gasteiger partial charge in [-0.05, 0) is 61.9 Å². The predicted octanol–water partition coefficient (Wildman–Crippen LogP) is 4.21. The number of carbonyl (C=O) groups excluding carboxylic acids is 3. The van der Waals surface area contributed by atoms with Crippen LogP contribution >= 0.6 is 0 Å². The number of amides is 2. The highest BCUT2D eigenvalue weighted by molar-refractivity contribution is 5.90. The Bertz CT molecular complexity index is 1370. The van der Waals surface area contributed by atoms with Gasteiger partial charge in [0, 0.05) is 18.2 Å². The van der Waals surface area contributed by atoms with E-state index in [4.69, 9.17) is 9.15 Å². The number of hydrogen-bond acceptors (Lipinski definition) is 7. The molecule has 0 spiro atoms. The number of carbonyl (C=O) groups is 3. The number of benzene rings is 2. The second-order valence-corrected chi connectivity index (χ2v) is 10.4. The number of aryl methyl sites for hydroxylation is 1. The smallest absolute Gasteiger partial charge is 0.308 e. The quantitative estimate of drug-likeness (QED) is 0.435. The standard InChI is InChI=1S/C29H33FN4O5/c1-17-5-3-4-6-22(17)32-29-33-23-12-7-18(13-25(23)39-29)14-26(35)34-16-20(30)15-24(34)27(36)31-21-10-8-19(9-11-21)28(37)38-2/h3-7,12-13,19-21,24H,8-11,14-16H2,1-2H3,(H,31,36)(H,32,33)/t19-,20-,21+,24-/m0/s1. The third kappa shape index (κ3) is 6.05. The Labute approximate surface area is 226 Å². The second-order valence-electron chi connectivity index (χ2n) is 10.4. The Balaban J connectivity index is 1.21. The molecule has 2 aromatic carbocycles. The first-order valence-corrected chi connectivity index (χ1v) is 13.3. The van der Waals surface area contributed by atoms with Crippen LogP contribution in [-0.2, 0) is 25.5 Å². The number of para-hydroxylation sites is 1. The zero-order valence-electron chi connectivity index (χ0n) is 22.1. The van der Waals surface area contributed by atoms with E-state index in [0.29, 0.717) is 48.4 Å². The molecule has 1 aliphatic heterocycles. The van der Waals surface area contributed by atoms with Crippen molar-refractivity contribution in [3.05, 3.63) is 53.6 Å². The Hall–Kier alpha value is -3.95. The van der Waals surface area contributed by atoms with Crippen LogP contribution in [0.3, 0.4) is 0 Å². The van der Waals surface area contributed by atoms with Gasteiger partial charge in [0.1, 0.15) is 17.7 Å². The lowest BCUT2D eigenvalue weighted by molar-refractivity contribution is -0.146. The molecule has 5 rings (SSSR count). The van der Waals surface area contributed by atoms with Gasteiger partial charge < -0.3 is 24.7 Å². The number of esters is 1. The summed E-state index contributed by atoms with van der Waals surface area (Å²) in [5.41, 5.74) is 3.79. The number of methoxy groups -OCH3 is 1. The number of likely N-dealkylation sites (tertiary alicyclic amines) is 1. The SMILES string of the molecule is COC(=O)[C@H]1CC[C@@H](NC(=O)[C@@H]2C[C@H](F)CN2C(=O)Cc2ccc3nc(Nc4ccccc4C)oc3c2)CC1. The van der Waals surface area contributed by atoms with E-state index in [9.17, 15) is 18.8 Å². The molecule has 2 aliphatic rings. The number of rotatable bonds is 7. The number of oxazole rings is 1. The van der Waals surface area contributed by atoms with E-state index in [1.807, 2.05) is 31.2 Å². The lowest BCUT2D eigenvalue weighted by atomic mass is 9.86. The third-order valence-corrected chi connectivity index (χ3v) is 7.68.